The van der Waals surface area contributed by atoms with Crippen LogP contribution in [0, 0.1) is 0 Å². The van der Waals surface area contributed by atoms with Crippen LogP contribution in [0.1, 0.15) is 5.69 Å². The largest absolute Gasteiger partial charge is 0.543 e. The van der Waals surface area contributed by atoms with E-state index in [0.29, 0.717) is 5.65 Å². The zero-order valence-electron chi connectivity index (χ0n) is 8.45. The molecule has 0 radical (unpaired) electrons. The van der Waals surface area contributed by atoms with Gasteiger partial charge in [0.1, 0.15) is 18.5 Å². The first-order valence-electron chi connectivity index (χ1n) is 4.49. The fraction of sp³-hybridized carbons (Fsp3) is 0.100. The normalized spacial score (nSPS) is 11.7. The highest BCUT2D eigenvalue weighted by atomic mass is 16.6. The second-order valence-corrected chi connectivity index (χ2v) is 3.00. The van der Waals surface area contributed by atoms with Gasteiger partial charge in [0.2, 0.25) is 0 Å². The lowest BCUT2D eigenvalue weighted by Gasteiger charge is -2.01. The monoisotopic (exact) mass is 218 g/mol. The summed E-state index contributed by atoms with van der Waals surface area (Å²) in [7, 11) is 1.26. The van der Waals surface area contributed by atoms with Crippen LogP contribution in [-0.4, -0.2) is 28.2 Å². The number of rotatable bonds is 3. The quantitative estimate of drug-likeness (QED) is 0.510. The predicted molar refractivity (Wildman–Crippen MR) is 53.7 cm³/mol. The van der Waals surface area contributed by atoms with Gasteiger partial charge in [-0.3, -0.25) is 0 Å². The Morgan fingerprint density at radius 2 is 2.38 bits per heavy atom. The third kappa shape index (κ3) is 1.72. The SMILES string of the molecule is CO/N=C(\C(=O)[O-])c1cn2ccccc2n1. The highest BCUT2D eigenvalue weighted by Gasteiger charge is 2.10. The summed E-state index contributed by atoms with van der Waals surface area (Å²) >= 11 is 0. The molecule has 0 saturated heterocycles. The lowest BCUT2D eigenvalue weighted by molar-refractivity contribution is -0.294. The van der Waals surface area contributed by atoms with Crippen molar-refractivity contribution in [1.29, 1.82) is 0 Å². The van der Waals surface area contributed by atoms with Gasteiger partial charge in [-0.05, 0) is 12.1 Å². The molecule has 0 spiro atoms. The van der Waals surface area contributed by atoms with Gasteiger partial charge in [0.25, 0.3) is 0 Å². The molecule has 0 aliphatic rings. The second-order valence-electron chi connectivity index (χ2n) is 3.00. The average molecular weight is 218 g/mol. The number of aromatic nitrogens is 2. The Morgan fingerprint density at radius 3 is 3.00 bits per heavy atom. The van der Waals surface area contributed by atoms with Crippen LogP contribution in [0.5, 0.6) is 0 Å². The van der Waals surface area contributed by atoms with E-state index in [0.717, 1.165) is 0 Å². The Hall–Kier alpha value is -2.37. The fourth-order valence-electron chi connectivity index (χ4n) is 1.33. The zero-order chi connectivity index (χ0) is 11.5. The number of fused-ring (bicyclic) bond motifs is 1. The van der Waals surface area contributed by atoms with Crippen molar-refractivity contribution in [3.63, 3.8) is 0 Å². The molecular weight excluding hydrogens is 210 g/mol. The van der Waals surface area contributed by atoms with Gasteiger partial charge >= 0.3 is 0 Å². The van der Waals surface area contributed by atoms with Crippen molar-refractivity contribution in [2.75, 3.05) is 7.11 Å². The smallest absolute Gasteiger partial charge is 0.152 e. The maximum Gasteiger partial charge on any atom is 0.152 e. The van der Waals surface area contributed by atoms with Crippen LogP contribution in [0.2, 0.25) is 0 Å². The summed E-state index contributed by atoms with van der Waals surface area (Å²) in [5, 5.41) is 14.2. The average Bonchev–Trinajstić information content (AvgIpc) is 2.68. The zero-order valence-corrected chi connectivity index (χ0v) is 8.45. The Bertz CT molecular complexity index is 526. The number of hydrogen-bond acceptors (Lipinski definition) is 5. The summed E-state index contributed by atoms with van der Waals surface area (Å²) in [5.41, 5.74) is 0.502. The van der Waals surface area contributed by atoms with Gasteiger partial charge in [0.15, 0.2) is 5.71 Å². The molecule has 0 aliphatic carbocycles. The van der Waals surface area contributed by atoms with Crippen LogP contribution in [0.4, 0.5) is 0 Å². The molecule has 2 heterocycles. The molecule has 6 heteroatoms. The Morgan fingerprint density at radius 1 is 1.56 bits per heavy atom. The standard InChI is InChI=1S/C10H9N3O3/c1-16-12-9(10(14)15)7-6-13-5-3-2-4-8(13)11-7/h2-6H,1H3,(H,14,15)/p-1/b12-9-. The number of nitrogens with zero attached hydrogens (tertiary/aromatic N) is 3. The van der Waals surface area contributed by atoms with Crippen LogP contribution in [0.25, 0.3) is 5.65 Å². The van der Waals surface area contributed by atoms with Crippen molar-refractivity contribution in [2.24, 2.45) is 5.16 Å². The van der Waals surface area contributed by atoms with Gasteiger partial charge in [-0.2, -0.15) is 0 Å². The van der Waals surface area contributed by atoms with Crippen molar-refractivity contribution in [3.05, 3.63) is 36.3 Å². The molecule has 0 bridgehead atoms. The number of aliphatic carboxylic acids is 1. The van der Waals surface area contributed by atoms with Gasteiger partial charge in [0.05, 0.1) is 5.97 Å². The number of carboxylic acids is 1. The summed E-state index contributed by atoms with van der Waals surface area (Å²) in [6.45, 7) is 0. The minimum absolute atomic E-state index is 0.202. The first kappa shape index (κ1) is 10.2. The molecule has 0 atom stereocenters. The number of oxime groups is 1. The lowest BCUT2D eigenvalue weighted by Crippen LogP contribution is -2.32. The van der Waals surface area contributed by atoms with E-state index >= 15 is 0 Å². The highest BCUT2D eigenvalue weighted by Crippen LogP contribution is 2.05. The van der Waals surface area contributed by atoms with Crippen molar-refractivity contribution >= 4 is 17.3 Å². The Kier molecular flexibility index (Phi) is 2.55. The van der Waals surface area contributed by atoms with Crippen LogP contribution >= 0.6 is 0 Å². The number of carboxylic acid groups (broad SMARTS) is 1. The second kappa shape index (κ2) is 4.01. The first-order valence-corrected chi connectivity index (χ1v) is 4.49. The molecule has 2 aromatic rings. The van der Waals surface area contributed by atoms with Crippen LogP contribution in [0.3, 0.4) is 0 Å². The topological polar surface area (TPSA) is 79.0 Å². The van der Waals surface area contributed by atoms with E-state index in [-0.39, 0.29) is 11.4 Å². The Balaban J connectivity index is 2.53. The molecular formula is C10H8N3O3-. The number of hydrogen-bond donors (Lipinski definition) is 0. The van der Waals surface area contributed by atoms with Crippen LogP contribution in [-0.2, 0) is 9.63 Å². The molecule has 16 heavy (non-hydrogen) atoms. The van der Waals surface area contributed by atoms with Crippen LogP contribution in [0.15, 0.2) is 35.7 Å². The molecule has 2 rings (SSSR count). The minimum Gasteiger partial charge on any atom is -0.543 e. The molecule has 6 nitrogen and oxygen atoms in total. The molecule has 0 fully saturated rings. The minimum atomic E-state index is -1.43. The molecule has 0 aliphatic heterocycles. The summed E-state index contributed by atoms with van der Waals surface area (Å²) < 4.78 is 1.68. The van der Waals surface area contributed by atoms with Gasteiger partial charge in [-0.1, -0.05) is 11.2 Å². The summed E-state index contributed by atoms with van der Waals surface area (Å²) in [5.74, 6) is -1.43. The Labute approximate surface area is 90.8 Å². The predicted octanol–water partition coefficient (Wildman–Crippen LogP) is -0.565. The van der Waals surface area contributed by atoms with Crippen molar-refractivity contribution < 1.29 is 14.7 Å². The molecule has 82 valence electrons. The number of carbonyl (C=O) groups is 1. The van der Waals surface area contributed by atoms with Crippen molar-refractivity contribution in [1.82, 2.24) is 9.38 Å². The third-order valence-corrected chi connectivity index (χ3v) is 1.98. The van der Waals surface area contributed by atoms with Crippen molar-refractivity contribution in [3.8, 4) is 0 Å². The van der Waals surface area contributed by atoms with Gasteiger partial charge in [-0.25, -0.2) is 4.98 Å². The number of carbonyl (C=O) groups excluding carboxylic acids is 1. The molecule has 0 amide bonds. The van der Waals surface area contributed by atoms with E-state index in [4.69, 9.17) is 0 Å². The van der Waals surface area contributed by atoms with E-state index in [1.54, 1.807) is 28.9 Å². The molecule has 0 aromatic carbocycles. The maximum absolute atomic E-state index is 10.8. The molecule has 2 aromatic heterocycles. The summed E-state index contributed by atoms with van der Waals surface area (Å²) in [6.07, 6.45) is 3.30. The van der Waals surface area contributed by atoms with Gasteiger partial charge in [0, 0.05) is 12.4 Å². The van der Waals surface area contributed by atoms with Crippen LogP contribution < -0.4 is 5.11 Å². The maximum atomic E-state index is 10.8. The van der Waals surface area contributed by atoms with Gasteiger partial charge < -0.3 is 19.1 Å². The van der Waals surface area contributed by atoms with E-state index < -0.39 is 5.97 Å². The van der Waals surface area contributed by atoms with E-state index in [9.17, 15) is 9.90 Å². The van der Waals surface area contributed by atoms with E-state index in [1.165, 1.54) is 7.11 Å². The molecule has 0 N–H and O–H groups in total. The van der Waals surface area contributed by atoms with E-state index in [1.807, 2.05) is 6.07 Å². The number of imidazole rings is 1. The first-order chi connectivity index (χ1) is 7.72. The fourth-order valence-corrected chi connectivity index (χ4v) is 1.33. The summed E-state index contributed by atoms with van der Waals surface area (Å²) in [4.78, 5) is 19.3. The highest BCUT2D eigenvalue weighted by molar-refractivity contribution is 6.41. The van der Waals surface area contributed by atoms with Gasteiger partial charge in [-0.15, -0.1) is 0 Å². The number of pyridine rings is 1. The molecule has 0 saturated carbocycles. The lowest BCUT2D eigenvalue weighted by atomic mass is 10.3. The third-order valence-electron chi connectivity index (χ3n) is 1.98. The van der Waals surface area contributed by atoms with E-state index in [2.05, 4.69) is 15.0 Å². The summed E-state index contributed by atoms with van der Waals surface area (Å²) in [6, 6.07) is 5.37. The molecule has 0 unspecified atom stereocenters. The van der Waals surface area contributed by atoms with Crippen molar-refractivity contribution in [2.45, 2.75) is 0 Å².